The molecule has 18 heavy (non-hydrogen) atoms. The lowest BCUT2D eigenvalue weighted by atomic mass is 10.2. The number of benzene rings is 2. The van der Waals surface area contributed by atoms with E-state index in [4.69, 9.17) is 0 Å². The molecule has 92 valence electrons. The van der Waals surface area contributed by atoms with E-state index in [0.29, 0.717) is 5.69 Å². The van der Waals surface area contributed by atoms with Gasteiger partial charge in [-0.3, -0.25) is 4.79 Å². The monoisotopic (exact) mass is 311 g/mol. The molecule has 2 aromatic rings. The maximum atomic E-state index is 13.7. The molecule has 2 rings (SSSR count). The number of halogens is 3. The van der Waals surface area contributed by atoms with Gasteiger partial charge in [-0.15, -0.1) is 0 Å². The van der Waals surface area contributed by atoms with Crippen LogP contribution in [0.1, 0.15) is 10.4 Å². The highest BCUT2D eigenvalue weighted by Crippen LogP contribution is 2.19. The van der Waals surface area contributed by atoms with Crippen LogP contribution in [0.25, 0.3) is 0 Å². The van der Waals surface area contributed by atoms with E-state index >= 15 is 0 Å². The van der Waals surface area contributed by atoms with Crippen LogP contribution in [0.4, 0.5) is 14.5 Å². The topological polar surface area (TPSA) is 29.1 Å². The predicted octanol–water partition coefficient (Wildman–Crippen LogP) is 3.98. The molecule has 2 aromatic carbocycles. The van der Waals surface area contributed by atoms with Gasteiger partial charge in [0.25, 0.3) is 5.91 Å². The zero-order valence-corrected chi connectivity index (χ0v) is 10.7. The van der Waals surface area contributed by atoms with Gasteiger partial charge in [-0.2, -0.15) is 0 Å². The zero-order chi connectivity index (χ0) is 13.1. The van der Waals surface area contributed by atoms with Crippen molar-refractivity contribution >= 4 is 27.5 Å². The van der Waals surface area contributed by atoms with E-state index in [0.717, 1.165) is 0 Å². The third-order valence-corrected chi connectivity index (χ3v) is 2.91. The number of amides is 1. The Hall–Kier alpha value is -1.75. The Kier molecular flexibility index (Phi) is 3.72. The second kappa shape index (κ2) is 5.27. The van der Waals surface area contributed by atoms with Gasteiger partial charge in [0.05, 0.1) is 10.0 Å². The van der Waals surface area contributed by atoms with E-state index in [-0.39, 0.29) is 10.0 Å². The molecule has 0 saturated carbocycles. The smallest absolute Gasteiger partial charge is 0.258 e. The van der Waals surface area contributed by atoms with Gasteiger partial charge in [-0.25, -0.2) is 8.78 Å². The van der Waals surface area contributed by atoms with Gasteiger partial charge < -0.3 is 5.32 Å². The Balaban J connectivity index is 2.22. The first kappa shape index (κ1) is 12.7. The average molecular weight is 312 g/mol. The Morgan fingerprint density at radius 3 is 2.39 bits per heavy atom. The van der Waals surface area contributed by atoms with Crippen molar-refractivity contribution in [1.29, 1.82) is 0 Å². The van der Waals surface area contributed by atoms with E-state index < -0.39 is 17.5 Å². The second-order valence-electron chi connectivity index (χ2n) is 3.56. The number of nitrogens with one attached hydrogen (secondary N) is 1. The number of carbonyl (C=O) groups excluding carboxylic acids is 1. The number of rotatable bonds is 2. The van der Waals surface area contributed by atoms with Crippen molar-refractivity contribution in [2.24, 2.45) is 0 Å². The SMILES string of the molecule is O=C(Nc1ccc(F)cc1)c1cccc(Br)c1F. The average Bonchev–Trinajstić information content (AvgIpc) is 2.35. The first-order chi connectivity index (χ1) is 8.58. The van der Waals surface area contributed by atoms with Gasteiger partial charge in [0.2, 0.25) is 0 Å². The first-order valence-corrected chi connectivity index (χ1v) is 5.88. The summed E-state index contributed by atoms with van der Waals surface area (Å²) in [4.78, 5) is 11.8. The third-order valence-electron chi connectivity index (χ3n) is 2.30. The molecule has 0 aromatic heterocycles. The maximum Gasteiger partial charge on any atom is 0.258 e. The van der Waals surface area contributed by atoms with Crippen molar-refractivity contribution in [2.75, 3.05) is 5.32 Å². The van der Waals surface area contributed by atoms with E-state index in [9.17, 15) is 13.6 Å². The third kappa shape index (κ3) is 2.73. The lowest BCUT2D eigenvalue weighted by Crippen LogP contribution is -2.13. The van der Waals surface area contributed by atoms with Crippen LogP contribution in [-0.2, 0) is 0 Å². The van der Waals surface area contributed by atoms with Gasteiger partial charge >= 0.3 is 0 Å². The minimum atomic E-state index is -0.628. The molecule has 0 unspecified atom stereocenters. The molecule has 0 bridgehead atoms. The fraction of sp³-hybridized carbons (Fsp3) is 0. The fourth-order valence-electron chi connectivity index (χ4n) is 1.41. The minimum absolute atomic E-state index is 0.0753. The molecule has 0 aliphatic carbocycles. The minimum Gasteiger partial charge on any atom is -0.322 e. The number of hydrogen-bond acceptors (Lipinski definition) is 1. The summed E-state index contributed by atoms with van der Waals surface area (Å²) in [6, 6.07) is 9.68. The molecule has 0 aliphatic heterocycles. The molecular weight excluding hydrogens is 304 g/mol. The van der Waals surface area contributed by atoms with Crippen LogP contribution in [0.2, 0.25) is 0 Å². The molecule has 0 atom stereocenters. The van der Waals surface area contributed by atoms with Crippen LogP contribution in [-0.4, -0.2) is 5.91 Å². The molecule has 0 saturated heterocycles. The largest absolute Gasteiger partial charge is 0.322 e. The Labute approximate surface area is 111 Å². The lowest BCUT2D eigenvalue weighted by Gasteiger charge is -2.06. The molecule has 1 amide bonds. The molecule has 0 heterocycles. The molecule has 0 aliphatic rings. The molecule has 1 N–H and O–H groups in total. The summed E-state index contributed by atoms with van der Waals surface area (Å²) in [7, 11) is 0. The fourth-order valence-corrected chi connectivity index (χ4v) is 1.78. The van der Waals surface area contributed by atoms with Crippen LogP contribution in [0, 0.1) is 11.6 Å². The van der Waals surface area contributed by atoms with Crippen LogP contribution in [0.3, 0.4) is 0 Å². The second-order valence-corrected chi connectivity index (χ2v) is 4.42. The van der Waals surface area contributed by atoms with Gasteiger partial charge in [0.15, 0.2) is 0 Å². The van der Waals surface area contributed by atoms with Crippen molar-refractivity contribution in [3.63, 3.8) is 0 Å². The van der Waals surface area contributed by atoms with Crippen LogP contribution >= 0.6 is 15.9 Å². The quantitative estimate of drug-likeness (QED) is 0.893. The highest BCUT2D eigenvalue weighted by atomic mass is 79.9. The Morgan fingerprint density at radius 2 is 1.72 bits per heavy atom. The maximum absolute atomic E-state index is 13.7. The Bertz CT molecular complexity index is 584. The van der Waals surface area contributed by atoms with Gasteiger partial charge in [-0.05, 0) is 52.3 Å². The van der Waals surface area contributed by atoms with Gasteiger partial charge in [-0.1, -0.05) is 6.07 Å². The molecule has 0 fully saturated rings. The van der Waals surface area contributed by atoms with Gasteiger partial charge in [0, 0.05) is 5.69 Å². The molecule has 0 spiro atoms. The van der Waals surface area contributed by atoms with Crippen molar-refractivity contribution in [3.8, 4) is 0 Å². The van der Waals surface area contributed by atoms with Crippen LogP contribution in [0.5, 0.6) is 0 Å². The number of anilines is 1. The van der Waals surface area contributed by atoms with E-state index in [1.54, 1.807) is 6.07 Å². The van der Waals surface area contributed by atoms with E-state index in [2.05, 4.69) is 21.2 Å². The number of hydrogen-bond donors (Lipinski definition) is 1. The summed E-state index contributed by atoms with van der Waals surface area (Å²) in [6.07, 6.45) is 0. The van der Waals surface area contributed by atoms with Crippen molar-refractivity contribution in [1.82, 2.24) is 0 Å². The zero-order valence-electron chi connectivity index (χ0n) is 9.08. The molecule has 2 nitrogen and oxygen atoms in total. The van der Waals surface area contributed by atoms with E-state index in [1.165, 1.54) is 36.4 Å². The van der Waals surface area contributed by atoms with Gasteiger partial charge in [0.1, 0.15) is 11.6 Å². The summed E-state index contributed by atoms with van der Waals surface area (Å²) in [5.74, 6) is -1.61. The summed E-state index contributed by atoms with van der Waals surface area (Å²) in [6.45, 7) is 0. The molecule has 0 radical (unpaired) electrons. The first-order valence-electron chi connectivity index (χ1n) is 5.09. The van der Waals surface area contributed by atoms with E-state index in [1.807, 2.05) is 0 Å². The Morgan fingerprint density at radius 1 is 1.06 bits per heavy atom. The highest BCUT2D eigenvalue weighted by Gasteiger charge is 2.13. The van der Waals surface area contributed by atoms with Crippen molar-refractivity contribution in [2.45, 2.75) is 0 Å². The van der Waals surface area contributed by atoms with Crippen LogP contribution in [0.15, 0.2) is 46.9 Å². The van der Waals surface area contributed by atoms with Crippen LogP contribution < -0.4 is 5.32 Å². The number of carbonyl (C=O) groups is 1. The summed E-state index contributed by atoms with van der Waals surface area (Å²) in [5, 5.41) is 2.49. The molecular formula is C13H8BrF2NO. The summed E-state index contributed by atoms with van der Waals surface area (Å²) < 4.78 is 26.6. The summed E-state index contributed by atoms with van der Waals surface area (Å²) >= 11 is 3.00. The molecule has 5 heteroatoms. The normalized spacial score (nSPS) is 10.2. The van der Waals surface area contributed by atoms with Crippen molar-refractivity contribution in [3.05, 3.63) is 64.1 Å². The summed E-state index contributed by atoms with van der Waals surface area (Å²) in [5.41, 5.74) is 0.328. The lowest BCUT2D eigenvalue weighted by molar-refractivity contribution is 0.102. The predicted molar refractivity (Wildman–Crippen MR) is 68.5 cm³/mol. The standard InChI is InChI=1S/C13H8BrF2NO/c14-11-3-1-2-10(12(11)16)13(18)17-9-6-4-8(15)5-7-9/h1-7H,(H,17,18). The van der Waals surface area contributed by atoms with Crippen molar-refractivity contribution < 1.29 is 13.6 Å². The highest BCUT2D eigenvalue weighted by molar-refractivity contribution is 9.10.